The van der Waals surface area contributed by atoms with E-state index < -0.39 is 0 Å². The summed E-state index contributed by atoms with van der Waals surface area (Å²) in [5, 5.41) is 0. The van der Waals surface area contributed by atoms with Gasteiger partial charge in [-0.25, -0.2) is 0 Å². The minimum Gasteiger partial charge on any atom is -0.483 e. The van der Waals surface area contributed by atoms with Gasteiger partial charge in [-0.1, -0.05) is 43.7 Å². The Labute approximate surface area is 150 Å². The van der Waals surface area contributed by atoms with Crippen LogP contribution in [-0.4, -0.2) is 29.1 Å². The number of hydrogen-bond donors (Lipinski definition) is 0. The Hall–Kier alpha value is -2.07. The Morgan fingerprint density at radius 3 is 2.48 bits per heavy atom. The topological polar surface area (TPSA) is 34.5 Å². The minimum atomic E-state index is -0.0259. The van der Waals surface area contributed by atoms with E-state index in [1.807, 2.05) is 36.5 Å². The van der Waals surface area contributed by atoms with E-state index in [0.29, 0.717) is 12.4 Å². The molecule has 1 aromatic carbocycles. The molecule has 0 N–H and O–H groups in total. The van der Waals surface area contributed by atoms with E-state index in [-0.39, 0.29) is 5.43 Å². The van der Waals surface area contributed by atoms with Gasteiger partial charge in [0, 0.05) is 25.4 Å². The Morgan fingerprint density at radius 2 is 1.76 bits per heavy atom. The Morgan fingerprint density at radius 1 is 1.00 bits per heavy atom. The second-order valence-corrected chi connectivity index (χ2v) is 6.68. The van der Waals surface area contributed by atoms with Crippen molar-refractivity contribution in [3.63, 3.8) is 0 Å². The lowest BCUT2D eigenvalue weighted by Gasteiger charge is -2.27. The zero-order valence-electron chi connectivity index (χ0n) is 15.1. The predicted molar refractivity (Wildman–Crippen MR) is 101 cm³/mol. The maximum Gasteiger partial charge on any atom is 0.223 e. The van der Waals surface area contributed by atoms with E-state index in [1.54, 1.807) is 6.07 Å². The van der Waals surface area contributed by atoms with Gasteiger partial charge in [0.05, 0.1) is 5.69 Å². The molecule has 1 aromatic heterocycles. The van der Waals surface area contributed by atoms with Gasteiger partial charge in [-0.05, 0) is 37.9 Å². The van der Waals surface area contributed by atoms with Crippen LogP contribution in [0, 0.1) is 0 Å². The van der Waals surface area contributed by atoms with E-state index in [9.17, 15) is 4.79 Å². The average molecular weight is 340 g/mol. The van der Waals surface area contributed by atoms with Crippen molar-refractivity contribution < 1.29 is 4.74 Å². The highest BCUT2D eigenvalue weighted by Gasteiger charge is 2.14. The molecular formula is C21H28N2O2. The molecule has 4 heteroatoms. The van der Waals surface area contributed by atoms with Crippen LogP contribution in [-0.2, 0) is 19.6 Å². The Balaban J connectivity index is 1.71. The first-order valence-electron chi connectivity index (χ1n) is 9.39. The van der Waals surface area contributed by atoms with Crippen molar-refractivity contribution in [2.75, 3.05) is 19.6 Å². The molecule has 0 saturated carbocycles. The van der Waals surface area contributed by atoms with Gasteiger partial charge in [-0.15, -0.1) is 0 Å². The molecule has 2 aromatic rings. The van der Waals surface area contributed by atoms with E-state index in [1.165, 1.54) is 32.4 Å². The normalized spacial score (nSPS) is 15.2. The zero-order valence-corrected chi connectivity index (χ0v) is 15.1. The molecule has 2 heterocycles. The second kappa shape index (κ2) is 8.86. The van der Waals surface area contributed by atoms with Gasteiger partial charge in [0.15, 0.2) is 5.75 Å². The molecule has 1 fully saturated rings. The number of aromatic nitrogens is 1. The Kier molecular flexibility index (Phi) is 6.29. The molecule has 0 spiro atoms. The van der Waals surface area contributed by atoms with E-state index in [2.05, 4.69) is 16.4 Å². The molecule has 0 amide bonds. The fourth-order valence-corrected chi connectivity index (χ4v) is 3.49. The summed E-state index contributed by atoms with van der Waals surface area (Å²) in [5.41, 5.74) is 2.05. The predicted octanol–water partition coefficient (Wildman–Crippen LogP) is 3.48. The highest BCUT2D eigenvalue weighted by Crippen LogP contribution is 2.17. The number of pyridine rings is 1. The van der Waals surface area contributed by atoms with Crippen LogP contribution in [0.4, 0.5) is 0 Å². The quantitative estimate of drug-likeness (QED) is 0.774. The van der Waals surface area contributed by atoms with Crippen LogP contribution in [0.2, 0.25) is 0 Å². The SMILES string of the molecule is CCc1c(OCc2ccccc2)c(=O)ccn1CCN1CCCCC1. The monoisotopic (exact) mass is 340 g/mol. The van der Waals surface area contributed by atoms with Crippen LogP contribution in [0.3, 0.4) is 0 Å². The van der Waals surface area contributed by atoms with E-state index >= 15 is 0 Å². The van der Waals surface area contributed by atoms with Gasteiger partial charge in [-0.2, -0.15) is 0 Å². The summed E-state index contributed by atoms with van der Waals surface area (Å²) >= 11 is 0. The summed E-state index contributed by atoms with van der Waals surface area (Å²) in [6, 6.07) is 11.6. The Bertz CT molecular complexity index is 718. The number of benzene rings is 1. The minimum absolute atomic E-state index is 0.0259. The van der Waals surface area contributed by atoms with Gasteiger partial charge >= 0.3 is 0 Å². The third kappa shape index (κ3) is 4.73. The van der Waals surface area contributed by atoms with Gasteiger partial charge in [0.25, 0.3) is 0 Å². The van der Waals surface area contributed by atoms with Gasteiger partial charge in [0.2, 0.25) is 5.43 Å². The highest BCUT2D eigenvalue weighted by atomic mass is 16.5. The lowest BCUT2D eigenvalue weighted by atomic mass is 10.1. The van der Waals surface area contributed by atoms with Crippen LogP contribution in [0.15, 0.2) is 47.4 Å². The fraction of sp³-hybridized carbons (Fsp3) is 0.476. The molecule has 134 valence electrons. The summed E-state index contributed by atoms with van der Waals surface area (Å²) in [6.07, 6.45) is 6.67. The van der Waals surface area contributed by atoms with Crippen molar-refractivity contribution >= 4 is 0 Å². The third-order valence-corrected chi connectivity index (χ3v) is 4.91. The molecule has 1 aliphatic heterocycles. The molecule has 4 nitrogen and oxygen atoms in total. The van der Waals surface area contributed by atoms with Crippen LogP contribution in [0.25, 0.3) is 0 Å². The van der Waals surface area contributed by atoms with Crippen molar-refractivity contribution in [3.05, 3.63) is 64.1 Å². The number of rotatable bonds is 7. The second-order valence-electron chi connectivity index (χ2n) is 6.68. The summed E-state index contributed by atoms with van der Waals surface area (Å²) in [4.78, 5) is 14.8. The fourth-order valence-electron chi connectivity index (χ4n) is 3.49. The van der Waals surface area contributed by atoms with Crippen molar-refractivity contribution in [3.8, 4) is 5.75 Å². The first-order chi connectivity index (χ1) is 12.3. The lowest BCUT2D eigenvalue weighted by Crippen LogP contribution is -2.33. The molecule has 25 heavy (non-hydrogen) atoms. The van der Waals surface area contributed by atoms with E-state index in [0.717, 1.165) is 30.8 Å². The molecule has 0 radical (unpaired) electrons. The van der Waals surface area contributed by atoms with E-state index in [4.69, 9.17) is 4.74 Å². The van der Waals surface area contributed by atoms with Gasteiger partial charge < -0.3 is 14.2 Å². The molecular weight excluding hydrogens is 312 g/mol. The molecule has 0 aliphatic carbocycles. The zero-order chi connectivity index (χ0) is 17.5. The van der Waals surface area contributed by atoms with Crippen molar-refractivity contribution in [2.24, 2.45) is 0 Å². The molecule has 0 bridgehead atoms. The molecule has 3 rings (SSSR count). The van der Waals surface area contributed by atoms with Crippen molar-refractivity contribution in [1.29, 1.82) is 0 Å². The first kappa shape index (κ1) is 17.7. The molecule has 1 saturated heterocycles. The van der Waals surface area contributed by atoms with Crippen LogP contribution >= 0.6 is 0 Å². The number of ether oxygens (including phenoxy) is 1. The lowest BCUT2D eigenvalue weighted by molar-refractivity contribution is 0.219. The van der Waals surface area contributed by atoms with Gasteiger partial charge in [-0.3, -0.25) is 4.79 Å². The molecule has 1 aliphatic rings. The van der Waals surface area contributed by atoms with Crippen LogP contribution in [0.5, 0.6) is 5.75 Å². The largest absolute Gasteiger partial charge is 0.483 e. The standard InChI is InChI=1S/C21H28N2O2/c1-2-19-21(25-17-18-9-5-3-6-10-18)20(24)11-14-23(19)16-15-22-12-7-4-8-13-22/h3,5-6,9-11,14H,2,4,7-8,12-13,15-17H2,1H3. The number of hydrogen-bond acceptors (Lipinski definition) is 3. The maximum absolute atomic E-state index is 12.3. The van der Waals surface area contributed by atoms with Crippen LogP contribution < -0.4 is 10.2 Å². The summed E-state index contributed by atoms with van der Waals surface area (Å²) in [7, 11) is 0. The van der Waals surface area contributed by atoms with Crippen molar-refractivity contribution in [2.45, 2.75) is 45.8 Å². The number of nitrogens with zero attached hydrogens (tertiary/aromatic N) is 2. The summed E-state index contributed by atoms with van der Waals surface area (Å²) in [6.45, 7) is 6.85. The summed E-state index contributed by atoms with van der Waals surface area (Å²) in [5.74, 6) is 0.507. The van der Waals surface area contributed by atoms with Crippen molar-refractivity contribution in [1.82, 2.24) is 9.47 Å². The smallest absolute Gasteiger partial charge is 0.223 e. The number of likely N-dealkylation sites (tertiary alicyclic amines) is 1. The van der Waals surface area contributed by atoms with Gasteiger partial charge in [0.1, 0.15) is 6.61 Å². The maximum atomic E-state index is 12.3. The molecule has 0 unspecified atom stereocenters. The highest BCUT2D eigenvalue weighted by molar-refractivity contribution is 5.29. The summed E-state index contributed by atoms with van der Waals surface area (Å²) < 4.78 is 8.12. The number of piperidine rings is 1. The van der Waals surface area contributed by atoms with Crippen LogP contribution in [0.1, 0.15) is 37.4 Å². The molecule has 0 atom stereocenters. The first-order valence-corrected chi connectivity index (χ1v) is 9.39. The third-order valence-electron chi connectivity index (χ3n) is 4.91. The average Bonchev–Trinajstić information content (AvgIpc) is 2.67.